The van der Waals surface area contributed by atoms with Gasteiger partial charge in [0.05, 0.1) is 0 Å². The zero-order valence-electron chi connectivity index (χ0n) is 8.86. The predicted molar refractivity (Wildman–Crippen MR) is 60.6 cm³/mol. The van der Waals surface area contributed by atoms with Crippen LogP contribution in [0.2, 0.25) is 44.4 Å². The van der Waals surface area contributed by atoms with E-state index in [0.717, 1.165) is 5.16 Å². The van der Waals surface area contributed by atoms with Crippen LogP contribution in [0.3, 0.4) is 0 Å². The third-order valence-electron chi connectivity index (χ3n) is 2.10. The Kier molecular flexibility index (Phi) is 3.32. The Labute approximate surface area is 73.7 Å². The van der Waals surface area contributed by atoms with Gasteiger partial charge in [-0.05, 0) is 5.16 Å². The largest absolute Gasteiger partial charge is 0.103 e. The van der Waals surface area contributed by atoms with Gasteiger partial charge in [0.1, 0.15) is 0 Å². The van der Waals surface area contributed by atoms with Crippen molar-refractivity contribution in [3.63, 3.8) is 0 Å². The molecule has 2 heteroatoms. The lowest BCUT2D eigenvalue weighted by Gasteiger charge is -2.35. The van der Waals surface area contributed by atoms with Crippen LogP contribution in [0.4, 0.5) is 0 Å². The van der Waals surface area contributed by atoms with Gasteiger partial charge in [0, 0.05) is 16.1 Å². The van der Waals surface area contributed by atoms with Gasteiger partial charge in [-0.15, -0.1) is 6.58 Å². The number of hydrogen-bond donors (Lipinski definition) is 0. The van der Waals surface area contributed by atoms with Crippen molar-refractivity contribution in [2.45, 2.75) is 44.4 Å². The fourth-order valence-corrected chi connectivity index (χ4v) is 13.8. The standard InChI is InChI=1S/C9H22Si2/c1-8-9(10(2,3)4)11(5,6)7/h8-9H,1H2,2-7H3. The molecule has 0 aliphatic carbocycles. The first-order valence-electron chi connectivity index (χ1n) is 4.32. The summed E-state index contributed by atoms with van der Waals surface area (Å²) in [5, 5.41) is 0.856. The van der Waals surface area contributed by atoms with E-state index < -0.39 is 16.1 Å². The molecular formula is C9H22Si2. The van der Waals surface area contributed by atoms with Gasteiger partial charge in [-0.3, -0.25) is 0 Å². The van der Waals surface area contributed by atoms with E-state index in [-0.39, 0.29) is 0 Å². The molecule has 11 heavy (non-hydrogen) atoms. The fourth-order valence-electron chi connectivity index (χ4n) is 2.01. The quantitative estimate of drug-likeness (QED) is 0.465. The molecule has 0 saturated heterocycles. The van der Waals surface area contributed by atoms with Gasteiger partial charge in [0.15, 0.2) is 0 Å². The molecule has 0 amide bonds. The molecule has 0 N–H and O–H groups in total. The molecule has 0 spiro atoms. The van der Waals surface area contributed by atoms with E-state index in [1.165, 1.54) is 0 Å². The Morgan fingerprint density at radius 2 is 1.18 bits per heavy atom. The minimum absolute atomic E-state index is 0.856. The predicted octanol–water partition coefficient (Wildman–Crippen LogP) is 3.76. The molecule has 0 nitrogen and oxygen atoms in total. The van der Waals surface area contributed by atoms with Crippen molar-refractivity contribution < 1.29 is 0 Å². The second kappa shape index (κ2) is 3.27. The van der Waals surface area contributed by atoms with Crippen LogP contribution in [-0.4, -0.2) is 16.1 Å². The van der Waals surface area contributed by atoms with Crippen molar-refractivity contribution in [2.24, 2.45) is 0 Å². The molecule has 0 heterocycles. The summed E-state index contributed by atoms with van der Waals surface area (Å²) in [4.78, 5) is 0. The van der Waals surface area contributed by atoms with E-state index in [9.17, 15) is 0 Å². The molecule has 0 atom stereocenters. The van der Waals surface area contributed by atoms with E-state index in [4.69, 9.17) is 0 Å². The molecule has 0 aromatic rings. The van der Waals surface area contributed by atoms with Crippen molar-refractivity contribution in [1.82, 2.24) is 0 Å². The van der Waals surface area contributed by atoms with Crippen molar-refractivity contribution in [2.75, 3.05) is 0 Å². The summed E-state index contributed by atoms with van der Waals surface area (Å²) >= 11 is 0. The van der Waals surface area contributed by atoms with Gasteiger partial charge in [0.2, 0.25) is 0 Å². The average molecular weight is 186 g/mol. The Hall–Kier alpha value is 0.174. The van der Waals surface area contributed by atoms with E-state index in [1.54, 1.807) is 0 Å². The maximum absolute atomic E-state index is 3.96. The van der Waals surface area contributed by atoms with Crippen LogP contribution in [0.15, 0.2) is 12.7 Å². The minimum atomic E-state index is -0.978. The molecule has 0 aliphatic heterocycles. The highest BCUT2D eigenvalue weighted by molar-refractivity contribution is 6.96. The Morgan fingerprint density at radius 3 is 1.18 bits per heavy atom. The molecule has 0 aromatic heterocycles. The average Bonchev–Trinajstić information content (AvgIpc) is 1.56. The molecule has 0 saturated carbocycles. The summed E-state index contributed by atoms with van der Waals surface area (Å²) in [6.07, 6.45) is 2.21. The van der Waals surface area contributed by atoms with Gasteiger partial charge in [-0.1, -0.05) is 45.4 Å². The summed E-state index contributed by atoms with van der Waals surface area (Å²) in [6.45, 7) is 18.6. The molecule has 66 valence electrons. The molecular weight excluding hydrogens is 164 g/mol. The highest BCUT2D eigenvalue weighted by Crippen LogP contribution is 2.32. The van der Waals surface area contributed by atoms with Crippen LogP contribution in [0.5, 0.6) is 0 Å². The third kappa shape index (κ3) is 3.38. The Balaban J connectivity index is 4.56. The van der Waals surface area contributed by atoms with Gasteiger partial charge in [-0.2, -0.15) is 0 Å². The van der Waals surface area contributed by atoms with Gasteiger partial charge >= 0.3 is 0 Å². The SMILES string of the molecule is C=CC([Si](C)(C)C)[Si](C)(C)C. The summed E-state index contributed by atoms with van der Waals surface area (Å²) in [5.41, 5.74) is 0. The van der Waals surface area contributed by atoms with E-state index in [2.05, 4.69) is 51.9 Å². The third-order valence-corrected chi connectivity index (χ3v) is 11.5. The van der Waals surface area contributed by atoms with Crippen LogP contribution < -0.4 is 0 Å². The molecule has 0 bridgehead atoms. The lowest BCUT2D eigenvalue weighted by atomic mass is 10.7. The summed E-state index contributed by atoms with van der Waals surface area (Å²) in [5.74, 6) is 0. The first-order chi connectivity index (χ1) is 4.69. The molecule has 0 aromatic carbocycles. The van der Waals surface area contributed by atoms with Gasteiger partial charge < -0.3 is 0 Å². The molecule has 0 rings (SSSR count). The fraction of sp³-hybridized carbons (Fsp3) is 0.778. The van der Waals surface area contributed by atoms with Crippen LogP contribution in [0, 0.1) is 0 Å². The van der Waals surface area contributed by atoms with Gasteiger partial charge in [-0.25, -0.2) is 0 Å². The van der Waals surface area contributed by atoms with E-state index >= 15 is 0 Å². The maximum atomic E-state index is 3.96. The number of hydrogen-bond acceptors (Lipinski definition) is 0. The molecule has 0 unspecified atom stereocenters. The Bertz CT molecular complexity index is 123. The molecule has 0 radical (unpaired) electrons. The molecule has 0 aliphatic rings. The highest BCUT2D eigenvalue weighted by Gasteiger charge is 2.34. The van der Waals surface area contributed by atoms with Gasteiger partial charge in [0.25, 0.3) is 0 Å². The summed E-state index contributed by atoms with van der Waals surface area (Å²) in [6, 6.07) is 0. The summed E-state index contributed by atoms with van der Waals surface area (Å²) in [7, 11) is -1.96. The van der Waals surface area contributed by atoms with Crippen molar-refractivity contribution in [3.8, 4) is 0 Å². The number of allylic oxidation sites excluding steroid dienone is 1. The second-order valence-corrected chi connectivity index (χ2v) is 16.7. The topological polar surface area (TPSA) is 0 Å². The first kappa shape index (κ1) is 11.2. The monoisotopic (exact) mass is 186 g/mol. The zero-order chi connectivity index (χ0) is 9.28. The van der Waals surface area contributed by atoms with Crippen molar-refractivity contribution in [3.05, 3.63) is 12.7 Å². The number of rotatable bonds is 3. The first-order valence-corrected chi connectivity index (χ1v) is 11.5. The second-order valence-electron chi connectivity index (χ2n) is 5.45. The Morgan fingerprint density at radius 1 is 0.909 bits per heavy atom. The van der Waals surface area contributed by atoms with Crippen LogP contribution in [0.25, 0.3) is 0 Å². The van der Waals surface area contributed by atoms with Crippen molar-refractivity contribution in [1.29, 1.82) is 0 Å². The lowest BCUT2D eigenvalue weighted by molar-refractivity contribution is 1.31. The lowest BCUT2D eigenvalue weighted by Crippen LogP contribution is -2.42. The molecule has 0 fully saturated rings. The van der Waals surface area contributed by atoms with Crippen molar-refractivity contribution >= 4 is 16.1 Å². The smallest absolute Gasteiger partial charge is 0.0485 e. The van der Waals surface area contributed by atoms with Crippen LogP contribution >= 0.6 is 0 Å². The van der Waals surface area contributed by atoms with E-state index in [1.807, 2.05) is 0 Å². The van der Waals surface area contributed by atoms with Crippen LogP contribution in [-0.2, 0) is 0 Å². The van der Waals surface area contributed by atoms with Crippen LogP contribution in [0.1, 0.15) is 0 Å². The highest BCUT2D eigenvalue weighted by atomic mass is 28.4. The maximum Gasteiger partial charge on any atom is 0.0485 e. The van der Waals surface area contributed by atoms with E-state index in [0.29, 0.717) is 0 Å². The summed E-state index contributed by atoms with van der Waals surface area (Å²) < 4.78 is 0. The minimum Gasteiger partial charge on any atom is -0.103 e. The zero-order valence-corrected chi connectivity index (χ0v) is 10.9. The normalized spacial score (nSPS) is 13.7.